The Bertz CT molecular complexity index is 1050. The minimum atomic E-state index is -0.817. The first-order valence-electron chi connectivity index (χ1n) is 11.0. The van der Waals surface area contributed by atoms with E-state index in [0.717, 1.165) is 31.6 Å². The lowest BCUT2D eigenvalue weighted by Crippen LogP contribution is -2.37. The maximum atomic E-state index is 14.6. The quantitative estimate of drug-likeness (QED) is 0.477. The average molecular weight is 453 g/mol. The summed E-state index contributed by atoms with van der Waals surface area (Å²) in [5.41, 5.74) is 1.72. The van der Waals surface area contributed by atoms with Crippen molar-refractivity contribution in [3.63, 3.8) is 0 Å². The third-order valence-electron chi connectivity index (χ3n) is 5.83. The minimum Gasteiger partial charge on any atom is -0.464 e. The minimum absolute atomic E-state index is 0.139. The first-order chi connectivity index (χ1) is 16.0. The fourth-order valence-corrected chi connectivity index (χ4v) is 4.10. The molecule has 1 fully saturated rings. The third kappa shape index (κ3) is 5.61. The van der Waals surface area contributed by atoms with Crippen LogP contribution in [0.4, 0.5) is 8.78 Å². The second-order valence-electron chi connectivity index (χ2n) is 8.04. The number of hydrogen-bond donors (Lipinski definition) is 0. The largest absolute Gasteiger partial charge is 0.464 e. The zero-order valence-electron chi connectivity index (χ0n) is 18.4. The molecule has 4 rings (SSSR count). The molecule has 172 valence electrons. The van der Waals surface area contributed by atoms with Crippen molar-refractivity contribution >= 4 is 5.97 Å². The van der Waals surface area contributed by atoms with Gasteiger partial charge in [0.25, 0.3) is 0 Å². The Labute approximate surface area is 192 Å². The van der Waals surface area contributed by atoms with Crippen molar-refractivity contribution < 1.29 is 23.0 Å². The molecule has 0 aliphatic carbocycles. The van der Waals surface area contributed by atoms with Gasteiger partial charge in [0.15, 0.2) is 0 Å². The van der Waals surface area contributed by atoms with E-state index in [2.05, 4.69) is 9.88 Å². The van der Waals surface area contributed by atoms with Crippen LogP contribution in [0.15, 0.2) is 66.7 Å². The molecular formula is C26H26F2N2O3. The van der Waals surface area contributed by atoms with Crippen molar-refractivity contribution in [2.45, 2.75) is 31.6 Å². The van der Waals surface area contributed by atoms with Crippen LogP contribution in [0.25, 0.3) is 0 Å². The zero-order valence-corrected chi connectivity index (χ0v) is 18.4. The molecule has 1 saturated heterocycles. The van der Waals surface area contributed by atoms with E-state index in [4.69, 9.17) is 9.47 Å². The van der Waals surface area contributed by atoms with E-state index in [1.165, 1.54) is 19.2 Å². The van der Waals surface area contributed by atoms with Crippen molar-refractivity contribution in [1.82, 2.24) is 9.88 Å². The van der Waals surface area contributed by atoms with E-state index in [0.29, 0.717) is 17.7 Å². The normalized spacial score (nSPS) is 15.0. The molecule has 0 N–H and O–H groups in total. The van der Waals surface area contributed by atoms with E-state index in [-0.39, 0.29) is 11.8 Å². The van der Waals surface area contributed by atoms with Gasteiger partial charge in [0.1, 0.15) is 23.4 Å². The molecular weight excluding hydrogens is 426 g/mol. The van der Waals surface area contributed by atoms with Crippen LogP contribution in [-0.2, 0) is 16.0 Å². The first-order valence-corrected chi connectivity index (χ1v) is 11.0. The lowest BCUT2D eigenvalue weighted by atomic mass is 9.99. The van der Waals surface area contributed by atoms with Gasteiger partial charge in [-0.05, 0) is 37.1 Å². The van der Waals surface area contributed by atoms with Crippen LogP contribution >= 0.6 is 0 Å². The molecule has 5 nitrogen and oxygen atoms in total. The summed E-state index contributed by atoms with van der Waals surface area (Å²) in [7, 11) is 1.33. The maximum absolute atomic E-state index is 14.6. The van der Waals surface area contributed by atoms with Gasteiger partial charge in [-0.15, -0.1) is 0 Å². The molecule has 0 amide bonds. The number of benzene rings is 2. The summed E-state index contributed by atoms with van der Waals surface area (Å²) in [4.78, 5) is 18.3. The molecule has 1 aliphatic heterocycles. The Kier molecular flexibility index (Phi) is 7.42. The molecule has 1 aliphatic rings. The standard InChI is InChI=1S/C26H26F2N2O3/c1-32-26(31)24-12-6-7-18(29-24)17-30-15-13-19(14-16-30)33-25(20-8-2-4-10-22(20)27)21-9-3-5-11-23(21)28/h2-12,19,25H,13-17H2,1H3. The molecule has 0 spiro atoms. The number of halogens is 2. The molecule has 0 saturated carbocycles. The Morgan fingerprint density at radius 1 is 0.970 bits per heavy atom. The van der Waals surface area contributed by atoms with E-state index >= 15 is 0 Å². The number of nitrogens with zero attached hydrogens (tertiary/aromatic N) is 2. The molecule has 0 unspecified atom stereocenters. The highest BCUT2D eigenvalue weighted by Gasteiger charge is 2.28. The number of carbonyl (C=O) groups excluding carboxylic acids is 1. The highest BCUT2D eigenvalue weighted by Crippen LogP contribution is 2.33. The van der Waals surface area contributed by atoms with Gasteiger partial charge in [-0.25, -0.2) is 18.6 Å². The van der Waals surface area contributed by atoms with Crippen molar-refractivity contribution in [1.29, 1.82) is 0 Å². The highest BCUT2D eigenvalue weighted by molar-refractivity contribution is 5.87. The molecule has 0 radical (unpaired) electrons. The Morgan fingerprint density at radius 3 is 2.15 bits per heavy atom. The number of ether oxygens (including phenoxy) is 2. The Balaban J connectivity index is 1.43. The van der Waals surface area contributed by atoms with Crippen LogP contribution in [-0.4, -0.2) is 42.2 Å². The summed E-state index contributed by atoms with van der Waals surface area (Å²) in [5, 5.41) is 0. The lowest BCUT2D eigenvalue weighted by Gasteiger charge is -2.34. The van der Waals surface area contributed by atoms with Gasteiger partial charge in [-0.1, -0.05) is 42.5 Å². The van der Waals surface area contributed by atoms with Crippen LogP contribution in [0.3, 0.4) is 0 Å². The van der Waals surface area contributed by atoms with Crippen LogP contribution in [0.1, 0.15) is 46.3 Å². The van der Waals surface area contributed by atoms with Crippen LogP contribution in [0.5, 0.6) is 0 Å². The number of esters is 1. The SMILES string of the molecule is COC(=O)c1cccc(CN2CCC(OC(c3ccccc3F)c3ccccc3F)CC2)n1. The van der Waals surface area contributed by atoms with Crippen molar-refractivity contribution in [3.8, 4) is 0 Å². The number of aromatic nitrogens is 1. The fraction of sp³-hybridized carbons (Fsp3) is 0.308. The number of rotatable bonds is 7. The third-order valence-corrected chi connectivity index (χ3v) is 5.83. The van der Waals surface area contributed by atoms with Crippen molar-refractivity contribution in [3.05, 3.63) is 101 Å². The van der Waals surface area contributed by atoms with Gasteiger partial charge in [-0.2, -0.15) is 0 Å². The van der Waals surface area contributed by atoms with Crippen LogP contribution < -0.4 is 0 Å². The lowest BCUT2D eigenvalue weighted by molar-refractivity contribution is -0.0306. The first kappa shape index (κ1) is 23.0. The van der Waals surface area contributed by atoms with E-state index in [1.54, 1.807) is 48.5 Å². The van der Waals surface area contributed by atoms with Crippen LogP contribution in [0, 0.1) is 11.6 Å². The number of piperidine rings is 1. The summed E-state index contributed by atoms with van der Waals surface area (Å²) in [6.07, 6.45) is 0.480. The Morgan fingerprint density at radius 2 is 1.58 bits per heavy atom. The monoisotopic (exact) mass is 452 g/mol. The van der Waals surface area contributed by atoms with E-state index in [9.17, 15) is 13.6 Å². The molecule has 0 atom stereocenters. The molecule has 2 heterocycles. The molecule has 7 heteroatoms. The summed E-state index contributed by atoms with van der Waals surface area (Å²) in [6, 6.07) is 18.0. The zero-order chi connectivity index (χ0) is 23.2. The molecule has 33 heavy (non-hydrogen) atoms. The summed E-state index contributed by atoms with van der Waals surface area (Å²) in [5.74, 6) is -1.30. The number of methoxy groups -OCH3 is 1. The smallest absolute Gasteiger partial charge is 0.356 e. The highest BCUT2D eigenvalue weighted by atomic mass is 19.1. The second kappa shape index (κ2) is 10.6. The predicted molar refractivity (Wildman–Crippen MR) is 120 cm³/mol. The number of carbonyl (C=O) groups is 1. The van der Waals surface area contributed by atoms with E-state index < -0.39 is 23.7 Å². The van der Waals surface area contributed by atoms with Gasteiger partial charge < -0.3 is 9.47 Å². The summed E-state index contributed by atoms with van der Waals surface area (Å²) >= 11 is 0. The molecule has 1 aromatic heterocycles. The number of pyridine rings is 1. The topological polar surface area (TPSA) is 51.7 Å². The number of likely N-dealkylation sites (tertiary alicyclic amines) is 1. The number of hydrogen-bond acceptors (Lipinski definition) is 5. The van der Waals surface area contributed by atoms with E-state index in [1.807, 2.05) is 6.07 Å². The van der Waals surface area contributed by atoms with Crippen molar-refractivity contribution in [2.24, 2.45) is 0 Å². The average Bonchev–Trinajstić information content (AvgIpc) is 2.84. The van der Waals surface area contributed by atoms with Gasteiger partial charge >= 0.3 is 5.97 Å². The summed E-state index contributed by atoms with van der Waals surface area (Å²) in [6.45, 7) is 2.09. The van der Waals surface area contributed by atoms with Crippen LogP contribution in [0.2, 0.25) is 0 Å². The predicted octanol–water partition coefficient (Wildman–Crippen LogP) is 4.92. The maximum Gasteiger partial charge on any atom is 0.356 e. The summed E-state index contributed by atoms with van der Waals surface area (Å²) < 4.78 is 40.2. The second-order valence-corrected chi connectivity index (χ2v) is 8.04. The van der Waals surface area contributed by atoms with Crippen molar-refractivity contribution in [2.75, 3.05) is 20.2 Å². The Hall–Kier alpha value is -3.16. The molecule has 0 bridgehead atoms. The van der Waals surface area contributed by atoms with Gasteiger partial charge in [-0.3, -0.25) is 4.90 Å². The molecule has 2 aromatic carbocycles. The van der Waals surface area contributed by atoms with Gasteiger partial charge in [0, 0.05) is 30.8 Å². The molecule has 3 aromatic rings. The fourth-order valence-electron chi connectivity index (χ4n) is 4.10. The van der Waals surface area contributed by atoms with Gasteiger partial charge in [0.2, 0.25) is 0 Å². The van der Waals surface area contributed by atoms with Gasteiger partial charge in [0.05, 0.1) is 18.9 Å².